The Hall–Kier alpha value is -4.70. The van der Waals surface area contributed by atoms with Crippen LogP contribution in [0.25, 0.3) is 27.4 Å². The van der Waals surface area contributed by atoms with Gasteiger partial charge in [-0.05, 0) is 40.7 Å². The largest absolute Gasteiger partial charge is 0.496 e. The lowest BCUT2D eigenvalue weighted by Gasteiger charge is -2.10. The number of aromatic nitrogens is 3. The number of carbonyl (C=O) groups is 1. The molecule has 0 unspecified atom stereocenters. The van der Waals surface area contributed by atoms with Gasteiger partial charge in [0.2, 0.25) is 4.96 Å². The zero-order valence-electron chi connectivity index (χ0n) is 21.0. The molecule has 0 saturated heterocycles. The third-order valence-corrected chi connectivity index (χ3v) is 7.07. The second-order valence-corrected chi connectivity index (χ2v) is 9.68. The molecule has 10 heteroatoms. The van der Waals surface area contributed by atoms with Crippen LogP contribution in [-0.4, -0.2) is 34.6 Å². The van der Waals surface area contributed by atoms with E-state index in [4.69, 9.17) is 18.6 Å². The van der Waals surface area contributed by atoms with Crippen molar-refractivity contribution < 1.29 is 27.8 Å². The van der Waals surface area contributed by atoms with Gasteiger partial charge in [0.15, 0.2) is 11.5 Å². The molecule has 0 spiro atoms. The fourth-order valence-corrected chi connectivity index (χ4v) is 4.99. The monoisotopic (exact) mass is 543 g/mol. The molecule has 0 aliphatic rings. The Morgan fingerprint density at radius 3 is 2.67 bits per heavy atom. The number of benzene rings is 3. The van der Waals surface area contributed by atoms with Crippen LogP contribution < -0.4 is 14.2 Å². The normalized spacial score (nSPS) is 11.3. The predicted molar refractivity (Wildman–Crippen MR) is 144 cm³/mol. The topological polar surface area (TPSA) is 88.1 Å². The summed E-state index contributed by atoms with van der Waals surface area (Å²) < 4.78 is 38.6. The van der Waals surface area contributed by atoms with Gasteiger partial charge in [0.1, 0.15) is 35.2 Å². The zero-order valence-corrected chi connectivity index (χ0v) is 21.8. The van der Waals surface area contributed by atoms with Crippen LogP contribution in [0.15, 0.2) is 77.3 Å². The van der Waals surface area contributed by atoms with Crippen molar-refractivity contribution in [2.24, 2.45) is 0 Å². The zero-order chi connectivity index (χ0) is 26.9. The Morgan fingerprint density at radius 2 is 1.87 bits per heavy atom. The number of hydrogen-bond acceptors (Lipinski definition) is 8. The van der Waals surface area contributed by atoms with Gasteiger partial charge in [0, 0.05) is 18.6 Å². The molecule has 0 amide bonds. The minimum atomic E-state index is -0.519. The number of rotatable bonds is 9. The second-order valence-electron chi connectivity index (χ2n) is 8.76. The van der Waals surface area contributed by atoms with Crippen molar-refractivity contribution in [2.75, 3.05) is 14.2 Å². The Balaban J connectivity index is 1.24. The van der Waals surface area contributed by atoms with E-state index < -0.39 is 5.82 Å². The molecule has 8 nitrogen and oxygen atoms in total. The minimum Gasteiger partial charge on any atom is -0.496 e. The first-order valence-electron chi connectivity index (χ1n) is 12.0. The summed E-state index contributed by atoms with van der Waals surface area (Å²) in [6.07, 6.45) is 1.87. The lowest BCUT2D eigenvalue weighted by Crippen LogP contribution is -2.06. The van der Waals surface area contributed by atoms with E-state index in [1.807, 2.05) is 30.3 Å². The second kappa shape index (κ2) is 10.2. The molecule has 0 radical (unpaired) electrons. The molecule has 3 heterocycles. The molecule has 0 saturated carbocycles. The molecule has 39 heavy (non-hydrogen) atoms. The summed E-state index contributed by atoms with van der Waals surface area (Å²) >= 11 is 1.33. The lowest BCUT2D eigenvalue weighted by molar-refractivity contribution is 0.0989. The van der Waals surface area contributed by atoms with Crippen LogP contribution in [0.3, 0.4) is 0 Å². The number of fused-ring (bicyclic) bond motifs is 2. The number of nitrogens with zero attached hydrogens (tertiary/aromatic N) is 3. The fraction of sp³-hybridized carbons (Fsp3) is 0.138. The van der Waals surface area contributed by atoms with Gasteiger partial charge in [-0.25, -0.2) is 13.9 Å². The van der Waals surface area contributed by atoms with Crippen LogP contribution in [0.1, 0.15) is 21.5 Å². The quantitative estimate of drug-likeness (QED) is 0.196. The van der Waals surface area contributed by atoms with E-state index in [1.54, 1.807) is 49.2 Å². The van der Waals surface area contributed by atoms with Crippen LogP contribution in [-0.2, 0) is 13.0 Å². The third kappa shape index (κ3) is 4.94. The SMILES string of the molecule is COc1cc(OCc2cccc(CC(=O)c3ccccc3F)c2)c2cc(-c3cn4nc(OC)sc4n3)oc2c1. The summed E-state index contributed by atoms with van der Waals surface area (Å²) in [6, 6.07) is 19.0. The van der Waals surface area contributed by atoms with Crippen molar-refractivity contribution in [1.82, 2.24) is 14.6 Å². The molecule has 3 aromatic heterocycles. The van der Waals surface area contributed by atoms with Gasteiger partial charge in [-0.1, -0.05) is 36.4 Å². The standard InChI is InChI=1S/C29H22FN3O5S/c1-35-19-12-25(21-14-27(38-26(21)13-19)23-15-33-28(31-23)39-29(32-33)36-2)37-16-18-7-5-6-17(10-18)11-24(34)20-8-3-4-9-22(20)30/h3-10,12-15H,11,16H2,1-2H3. The number of imidazole rings is 1. The predicted octanol–water partition coefficient (Wildman–Crippen LogP) is 6.36. The number of halogens is 1. The summed E-state index contributed by atoms with van der Waals surface area (Å²) in [5.41, 5.74) is 2.94. The van der Waals surface area contributed by atoms with Gasteiger partial charge in [-0.3, -0.25) is 4.79 Å². The number of hydrogen-bond donors (Lipinski definition) is 0. The molecule has 0 N–H and O–H groups in total. The highest BCUT2D eigenvalue weighted by molar-refractivity contribution is 7.18. The first kappa shape index (κ1) is 24.6. The number of ether oxygens (including phenoxy) is 3. The molecule has 6 aromatic rings. The number of furan rings is 1. The van der Waals surface area contributed by atoms with E-state index in [9.17, 15) is 9.18 Å². The first-order valence-corrected chi connectivity index (χ1v) is 12.8. The molecular formula is C29H22FN3O5S. The summed E-state index contributed by atoms with van der Waals surface area (Å²) in [5, 5.41) is 5.60. The summed E-state index contributed by atoms with van der Waals surface area (Å²) in [7, 11) is 3.14. The van der Waals surface area contributed by atoms with Gasteiger partial charge in [0.05, 0.1) is 31.4 Å². The van der Waals surface area contributed by atoms with Gasteiger partial charge in [-0.15, -0.1) is 5.10 Å². The Labute approximate surface area is 226 Å². The number of carbonyl (C=O) groups excluding carboxylic acids is 1. The fourth-order valence-electron chi connectivity index (χ4n) is 4.29. The van der Waals surface area contributed by atoms with E-state index in [0.29, 0.717) is 38.7 Å². The maximum Gasteiger partial charge on any atom is 0.294 e. The van der Waals surface area contributed by atoms with Gasteiger partial charge < -0.3 is 18.6 Å². The van der Waals surface area contributed by atoms with Crippen molar-refractivity contribution in [3.63, 3.8) is 0 Å². The van der Waals surface area contributed by atoms with Crippen molar-refractivity contribution >= 4 is 33.1 Å². The molecule has 196 valence electrons. The van der Waals surface area contributed by atoms with E-state index in [-0.39, 0.29) is 24.4 Å². The summed E-state index contributed by atoms with van der Waals surface area (Å²) in [5.74, 6) is 0.926. The van der Waals surface area contributed by atoms with Crippen molar-refractivity contribution in [1.29, 1.82) is 0 Å². The average Bonchev–Trinajstić information content (AvgIpc) is 3.65. The highest BCUT2D eigenvalue weighted by Crippen LogP contribution is 2.37. The van der Waals surface area contributed by atoms with Crippen molar-refractivity contribution in [3.8, 4) is 28.1 Å². The number of ketones is 1. The highest BCUT2D eigenvalue weighted by atomic mass is 32.1. The maximum absolute atomic E-state index is 14.0. The molecule has 0 fully saturated rings. The molecule has 6 rings (SSSR count). The van der Waals surface area contributed by atoms with E-state index in [1.165, 1.54) is 23.5 Å². The Morgan fingerprint density at radius 1 is 1.03 bits per heavy atom. The minimum absolute atomic E-state index is 0.0844. The molecule has 0 bridgehead atoms. The first-order chi connectivity index (χ1) is 19.0. The lowest BCUT2D eigenvalue weighted by atomic mass is 10.0. The van der Waals surface area contributed by atoms with Crippen LogP contribution >= 0.6 is 11.3 Å². The summed E-state index contributed by atoms with van der Waals surface area (Å²) in [6.45, 7) is 0.244. The van der Waals surface area contributed by atoms with E-state index in [0.717, 1.165) is 16.5 Å². The van der Waals surface area contributed by atoms with Crippen molar-refractivity contribution in [2.45, 2.75) is 13.0 Å². The van der Waals surface area contributed by atoms with E-state index >= 15 is 0 Å². The van der Waals surface area contributed by atoms with Crippen LogP contribution in [0, 0.1) is 5.82 Å². The number of methoxy groups -OCH3 is 2. The average molecular weight is 544 g/mol. The Bertz CT molecular complexity index is 1790. The van der Waals surface area contributed by atoms with Crippen molar-refractivity contribution in [3.05, 3.63) is 95.4 Å². The van der Waals surface area contributed by atoms with Crippen LogP contribution in [0.5, 0.6) is 16.7 Å². The molecule has 0 atom stereocenters. The highest BCUT2D eigenvalue weighted by Gasteiger charge is 2.17. The molecule has 3 aromatic carbocycles. The van der Waals surface area contributed by atoms with Gasteiger partial charge in [-0.2, -0.15) is 0 Å². The molecular weight excluding hydrogens is 521 g/mol. The maximum atomic E-state index is 14.0. The number of Topliss-reactive ketones (excluding diaryl/α,β-unsaturated/α-hetero) is 1. The van der Waals surface area contributed by atoms with Gasteiger partial charge in [0.25, 0.3) is 5.19 Å². The molecule has 0 aliphatic heterocycles. The van der Waals surface area contributed by atoms with Crippen LogP contribution in [0.4, 0.5) is 4.39 Å². The smallest absolute Gasteiger partial charge is 0.294 e. The van der Waals surface area contributed by atoms with Gasteiger partial charge >= 0.3 is 0 Å². The van der Waals surface area contributed by atoms with Crippen LogP contribution in [0.2, 0.25) is 0 Å². The third-order valence-electron chi connectivity index (χ3n) is 6.19. The summed E-state index contributed by atoms with van der Waals surface area (Å²) in [4.78, 5) is 17.9. The Kier molecular flexibility index (Phi) is 6.45. The van der Waals surface area contributed by atoms with E-state index in [2.05, 4.69) is 10.1 Å². The molecule has 0 aliphatic carbocycles.